The molecule has 0 bridgehead atoms. The highest BCUT2D eigenvalue weighted by molar-refractivity contribution is 9.10. The van der Waals surface area contributed by atoms with Gasteiger partial charge in [-0.15, -0.1) is 0 Å². The third-order valence-corrected chi connectivity index (χ3v) is 8.86. The molecule has 42 heavy (non-hydrogen) atoms. The van der Waals surface area contributed by atoms with Crippen molar-refractivity contribution < 1.29 is 24.2 Å². The van der Waals surface area contributed by atoms with Crippen LogP contribution in [0.15, 0.2) is 74.4 Å². The maximum atomic E-state index is 13.2. The van der Waals surface area contributed by atoms with Gasteiger partial charge in [-0.1, -0.05) is 34.6 Å². The summed E-state index contributed by atoms with van der Waals surface area (Å²) in [4.78, 5) is 33.2. The largest absolute Gasteiger partial charge is 0.506 e. The number of nitrogens with zero attached hydrogens (tertiary/aromatic N) is 3. The van der Waals surface area contributed by atoms with Gasteiger partial charge in [0.15, 0.2) is 0 Å². The fourth-order valence-electron chi connectivity index (χ4n) is 5.08. The zero-order valence-electron chi connectivity index (χ0n) is 23.9. The highest BCUT2D eigenvalue weighted by Crippen LogP contribution is 2.41. The lowest BCUT2D eigenvalue weighted by molar-refractivity contribution is -0.138. The van der Waals surface area contributed by atoms with Crippen molar-refractivity contribution in [3.8, 4) is 5.75 Å². The first-order chi connectivity index (χ1) is 20.3. The molecule has 0 radical (unpaired) electrons. The Hall–Kier alpha value is -3.50. The number of piperidine rings is 1. The van der Waals surface area contributed by atoms with E-state index in [0.717, 1.165) is 52.6 Å². The molecular weight excluding hydrogens is 618 g/mol. The molecule has 0 atom stereocenters. The second kappa shape index (κ2) is 13.2. The van der Waals surface area contributed by atoms with Crippen LogP contribution in [0.1, 0.15) is 39.2 Å². The molecule has 0 saturated carbocycles. The number of esters is 1. The average molecular weight is 653 g/mol. The van der Waals surface area contributed by atoms with E-state index in [1.165, 1.54) is 11.8 Å². The molecule has 1 N–H and O–H groups in total. The number of carbonyl (C=O) groups is 2. The van der Waals surface area contributed by atoms with Gasteiger partial charge in [0.25, 0.3) is 0 Å². The van der Waals surface area contributed by atoms with E-state index in [9.17, 15) is 14.7 Å². The van der Waals surface area contributed by atoms with Crippen LogP contribution in [0.25, 0.3) is 17.0 Å². The lowest BCUT2D eigenvalue weighted by atomic mass is 9.99. The lowest BCUT2D eigenvalue weighted by Gasteiger charge is -2.30. The van der Waals surface area contributed by atoms with Crippen molar-refractivity contribution >= 4 is 67.3 Å². The van der Waals surface area contributed by atoms with Gasteiger partial charge in [-0.05, 0) is 81.1 Å². The van der Waals surface area contributed by atoms with Crippen molar-refractivity contribution in [3.05, 3.63) is 74.9 Å². The molecule has 1 fully saturated rings. The summed E-state index contributed by atoms with van der Waals surface area (Å²) < 4.78 is 13.6. The standard InChI is InChI=1S/C32H34BrN3O5S/c1-4-40-24-9-7-23(8-10-24)34-31-29(32(39)41-5-2)30(38)27(42-31)16-21-18-36(26-11-6-22(33)17-25(21)26)19-28(37)35-14-12-20(3)13-15-35/h6-11,16-18,20,38H,4-5,12-15,19H2,1-3H3/b27-16-,34-31?. The molecule has 2 aliphatic rings. The summed E-state index contributed by atoms with van der Waals surface area (Å²) >= 11 is 4.77. The van der Waals surface area contributed by atoms with Gasteiger partial charge in [-0.2, -0.15) is 0 Å². The van der Waals surface area contributed by atoms with Gasteiger partial charge in [0, 0.05) is 40.2 Å². The van der Waals surface area contributed by atoms with Crippen molar-refractivity contribution in [2.75, 3.05) is 26.3 Å². The maximum absolute atomic E-state index is 13.2. The van der Waals surface area contributed by atoms with Gasteiger partial charge in [0.05, 0.1) is 23.8 Å². The number of aromatic nitrogens is 1. The van der Waals surface area contributed by atoms with E-state index in [0.29, 0.717) is 28.2 Å². The molecule has 2 aliphatic heterocycles. The highest BCUT2D eigenvalue weighted by Gasteiger charge is 2.33. The number of fused-ring (bicyclic) bond motifs is 1. The first kappa shape index (κ1) is 30.0. The number of likely N-dealkylation sites (tertiary alicyclic amines) is 1. The van der Waals surface area contributed by atoms with E-state index in [2.05, 4.69) is 27.8 Å². The van der Waals surface area contributed by atoms with Crippen LogP contribution in [0, 0.1) is 5.92 Å². The molecule has 8 nitrogen and oxygen atoms in total. The molecule has 3 aromatic rings. The lowest BCUT2D eigenvalue weighted by Crippen LogP contribution is -2.39. The zero-order valence-corrected chi connectivity index (χ0v) is 26.3. The van der Waals surface area contributed by atoms with Crippen molar-refractivity contribution in [1.29, 1.82) is 0 Å². The smallest absolute Gasteiger partial charge is 0.344 e. The minimum atomic E-state index is -0.637. The zero-order chi connectivity index (χ0) is 29.8. The second-order valence-corrected chi connectivity index (χ2v) is 12.3. The molecule has 0 unspecified atom stereocenters. The summed E-state index contributed by atoms with van der Waals surface area (Å²) in [5.74, 6) is 0.637. The number of thioether (sulfide) groups is 1. The third kappa shape index (κ3) is 6.60. The molecule has 1 aromatic heterocycles. The first-order valence-corrected chi connectivity index (χ1v) is 15.8. The van der Waals surface area contributed by atoms with Gasteiger partial charge in [-0.3, -0.25) is 4.79 Å². The Morgan fingerprint density at radius 1 is 1.12 bits per heavy atom. The van der Waals surface area contributed by atoms with E-state index < -0.39 is 5.97 Å². The number of ether oxygens (including phenoxy) is 2. The minimum absolute atomic E-state index is 0.0291. The molecule has 10 heteroatoms. The van der Waals surface area contributed by atoms with Gasteiger partial charge >= 0.3 is 5.97 Å². The number of hydrogen-bond acceptors (Lipinski definition) is 7. The average Bonchev–Trinajstić information content (AvgIpc) is 3.46. The second-order valence-electron chi connectivity index (χ2n) is 10.3. The normalized spacial score (nSPS) is 18.0. The van der Waals surface area contributed by atoms with Gasteiger partial charge in [-0.25, -0.2) is 9.79 Å². The Bertz CT molecular complexity index is 1580. The summed E-state index contributed by atoms with van der Waals surface area (Å²) in [5, 5.41) is 12.5. The Kier molecular flexibility index (Phi) is 9.43. The SMILES string of the molecule is CCOC(=O)C1=C(O)/C(=C/c2cn(CC(=O)N3CCC(C)CC3)c3ccc(Br)cc23)SC1=Nc1ccc(OCC)cc1. The Morgan fingerprint density at radius 2 is 1.86 bits per heavy atom. The first-order valence-electron chi connectivity index (χ1n) is 14.2. The van der Waals surface area contributed by atoms with Crippen molar-refractivity contribution in [1.82, 2.24) is 9.47 Å². The topological polar surface area (TPSA) is 93.4 Å². The van der Waals surface area contributed by atoms with Crippen LogP contribution in [-0.2, 0) is 20.9 Å². The van der Waals surface area contributed by atoms with Crippen LogP contribution in [-0.4, -0.2) is 57.8 Å². The number of amides is 1. The number of halogens is 1. The summed E-state index contributed by atoms with van der Waals surface area (Å²) in [5.41, 5.74) is 2.36. The van der Waals surface area contributed by atoms with E-state index in [-0.39, 0.29) is 30.4 Å². The van der Waals surface area contributed by atoms with Crippen LogP contribution < -0.4 is 4.74 Å². The summed E-state index contributed by atoms with van der Waals surface area (Å²) in [6, 6.07) is 13.1. The predicted octanol–water partition coefficient (Wildman–Crippen LogP) is 7.25. The number of benzene rings is 2. The van der Waals surface area contributed by atoms with Crippen LogP contribution in [0.3, 0.4) is 0 Å². The van der Waals surface area contributed by atoms with E-state index >= 15 is 0 Å². The number of aliphatic imine (C=N–C) groups is 1. The molecule has 0 aliphatic carbocycles. The fourth-order valence-corrected chi connectivity index (χ4v) is 6.47. The number of rotatable bonds is 8. The summed E-state index contributed by atoms with van der Waals surface area (Å²) in [6.07, 6.45) is 5.80. The van der Waals surface area contributed by atoms with Crippen molar-refractivity contribution in [2.45, 2.75) is 40.2 Å². The maximum Gasteiger partial charge on any atom is 0.344 e. The quantitative estimate of drug-likeness (QED) is 0.258. The van der Waals surface area contributed by atoms with Gasteiger partial charge in [0.1, 0.15) is 28.7 Å². The van der Waals surface area contributed by atoms with Gasteiger partial charge in [0.2, 0.25) is 5.91 Å². The highest BCUT2D eigenvalue weighted by atomic mass is 79.9. The van der Waals surface area contributed by atoms with E-state index in [1.807, 2.05) is 59.0 Å². The number of aliphatic hydroxyl groups excluding tert-OH is 1. The number of aliphatic hydroxyl groups is 1. The number of carbonyl (C=O) groups excluding carboxylic acids is 2. The van der Waals surface area contributed by atoms with Gasteiger partial charge < -0.3 is 24.0 Å². The summed E-state index contributed by atoms with van der Waals surface area (Å²) in [6.45, 7) is 8.37. The van der Waals surface area contributed by atoms with Crippen molar-refractivity contribution in [2.24, 2.45) is 10.9 Å². The van der Waals surface area contributed by atoms with Crippen LogP contribution >= 0.6 is 27.7 Å². The Morgan fingerprint density at radius 3 is 2.55 bits per heavy atom. The van der Waals surface area contributed by atoms with E-state index in [1.54, 1.807) is 19.1 Å². The Labute approximate surface area is 258 Å². The van der Waals surface area contributed by atoms with Crippen LogP contribution in [0.4, 0.5) is 5.69 Å². The fraction of sp³-hybridized carbons (Fsp3) is 0.344. The van der Waals surface area contributed by atoms with Crippen molar-refractivity contribution in [3.63, 3.8) is 0 Å². The molecular formula is C32H34BrN3O5S. The third-order valence-electron chi connectivity index (χ3n) is 7.35. The van der Waals surface area contributed by atoms with E-state index in [4.69, 9.17) is 9.47 Å². The van der Waals surface area contributed by atoms with Crippen LogP contribution in [0.2, 0.25) is 0 Å². The molecule has 220 valence electrons. The molecule has 1 amide bonds. The van der Waals surface area contributed by atoms with Crippen LogP contribution in [0.5, 0.6) is 5.75 Å². The number of hydrogen-bond donors (Lipinski definition) is 1. The molecule has 1 saturated heterocycles. The molecule has 3 heterocycles. The minimum Gasteiger partial charge on any atom is -0.506 e. The predicted molar refractivity (Wildman–Crippen MR) is 171 cm³/mol. The molecule has 2 aromatic carbocycles. The molecule has 5 rings (SSSR count). The Balaban J connectivity index is 1.50. The monoisotopic (exact) mass is 651 g/mol. The summed E-state index contributed by atoms with van der Waals surface area (Å²) in [7, 11) is 0. The molecule has 0 spiro atoms.